The Bertz CT molecular complexity index is 1400. The van der Waals surface area contributed by atoms with E-state index in [0.29, 0.717) is 5.92 Å². The molecule has 0 amide bonds. The summed E-state index contributed by atoms with van der Waals surface area (Å²) < 4.78 is 4.72. The summed E-state index contributed by atoms with van der Waals surface area (Å²) in [6.45, 7) is 13.2. The van der Waals surface area contributed by atoms with Crippen LogP contribution in [-0.4, -0.2) is 11.3 Å². The molecule has 0 saturated heterocycles. The zero-order valence-electron chi connectivity index (χ0n) is 19.3. The summed E-state index contributed by atoms with van der Waals surface area (Å²) in [5.74, 6) is 0.627. The van der Waals surface area contributed by atoms with Crippen LogP contribution in [0.15, 0.2) is 78.5 Å². The summed E-state index contributed by atoms with van der Waals surface area (Å²) in [5.41, 5.74) is 7.84. The van der Waals surface area contributed by atoms with Gasteiger partial charge in [0.15, 0.2) is 11.3 Å². The van der Waals surface area contributed by atoms with E-state index in [9.17, 15) is 0 Å². The standard InChI is InChI=1S/C30H29NS/c1-19(2)17-22-15-16-31(5)27(18-22)28-21(4)11-14-26-25-8-6-7-24(29(25)32-30(26)28)23-12-9-20(3)10-13-23/h6-16,18-19H,5,17H2,1-4H3. The Kier molecular flexibility index (Phi) is 5.27. The lowest BCUT2D eigenvalue weighted by Crippen LogP contribution is -2.16. The van der Waals surface area contributed by atoms with Crippen LogP contribution in [0.5, 0.6) is 0 Å². The van der Waals surface area contributed by atoms with Crippen LogP contribution in [0.1, 0.15) is 37.0 Å². The highest BCUT2D eigenvalue weighted by Gasteiger charge is 2.24. The molecule has 3 aromatic carbocycles. The first-order chi connectivity index (χ1) is 15.4. The minimum absolute atomic E-state index is 0.627. The molecule has 5 rings (SSSR count). The van der Waals surface area contributed by atoms with Crippen molar-refractivity contribution in [1.82, 2.24) is 0 Å². The molecule has 32 heavy (non-hydrogen) atoms. The Labute approximate surface area is 195 Å². The lowest BCUT2D eigenvalue weighted by atomic mass is 9.92. The van der Waals surface area contributed by atoms with Gasteiger partial charge in [0.1, 0.15) is 4.70 Å². The number of benzene rings is 3. The van der Waals surface area contributed by atoms with Crippen molar-refractivity contribution < 1.29 is 4.58 Å². The predicted molar refractivity (Wildman–Crippen MR) is 141 cm³/mol. The molecule has 2 heterocycles. The number of rotatable bonds is 4. The van der Waals surface area contributed by atoms with Crippen LogP contribution in [0.3, 0.4) is 0 Å². The van der Waals surface area contributed by atoms with Gasteiger partial charge >= 0.3 is 0 Å². The van der Waals surface area contributed by atoms with Crippen molar-refractivity contribution in [3.05, 3.63) is 101 Å². The molecule has 160 valence electrons. The SMILES string of the molecule is C=[N+]1C=CC(CC(C)C)=C[C-]1c1c(C)ccc2c3cccc(-c4ccc(C)cc4)c3[s+][c-]12. The molecule has 2 heteroatoms. The smallest absolute Gasteiger partial charge is 0.231 e. The summed E-state index contributed by atoms with van der Waals surface area (Å²) in [6, 6.07) is 21.3. The van der Waals surface area contributed by atoms with E-state index in [1.54, 1.807) is 0 Å². The van der Waals surface area contributed by atoms with Gasteiger partial charge in [-0.25, -0.2) is 0 Å². The van der Waals surface area contributed by atoms with Gasteiger partial charge in [-0.2, -0.15) is 0 Å². The summed E-state index contributed by atoms with van der Waals surface area (Å²) in [6.07, 6.45) is 7.72. The fourth-order valence-electron chi connectivity index (χ4n) is 4.63. The van der Waals surface area contributed by atoms with Gasteiger partial charge in [-0.15, -0.1) is 29.4 Å². The molecule has 0 fully saturated rings. The zero-order chi connectivity index (χ0) is 22.4. The lowest BCUT2D eigenvalue weighted by Gasteiger charge is -2.27. The zero-order valence-corrected chi connectivity index (χ0v) is 20.1. The van der Waals surface area contributed by atoms with Crippen molar-refractivity contribution in [3.63, 3.8) is 0 Å². The maximum atomic E-state index is 4.31. The second kappa shape index (κ2) is 8.11. The number of thiophene rings is 1. The summed E-state index contributed by atoms with van der Waals surface area (Å²) >= 11 is 1.91. The second-order valence-corrected chi connectivity index (χ2v) is 10.3. The van der Waals surface area contributed by atoms with Gasteiger partial charge in [-0.3, -0.25) is 0 Å². The number of aryl methyl sites for hydroxylation is 2. The molecule has 0 radical (unpaired) electrons. The van der Waals surface area contributed by atoms with E-state index >= 15 is 0 Å². The third-order valence-corrected chi connectivity index (χ3v) is 7.51. The van der Waals surface area contributed by atoms with Crippen molar-refractivity contribution in [2.45, 2.75) is 34.1 Å². The van der Waals surface area contributed by atoms with E-state index in [2.05, 4.69) is 107 Å². The molecule has 0 aliphatic carbocycles. The first-order valence-electron chi connectivity index (χ1n) is 11.3. The molecular formula is C30H29NS. The van der Waals surface area contributed by atoms with E-state index in [4.69, 9.17) is 0 Å². The van der Waals surface area contributed by atoms with Crippen LogP contribution < -0.4 is 0 Å². The summed E-state index contributed by atoms with van der Waals surface area (Å²) in [4.78, 5) is 0. The second-order valence-electron chi connectivity index (χ2n) is 9.27. The van der Waals surface area contributed by atoms with Gasteiger partial charge in [0.2, 0.25) is 4.70 Å². The van der Waals surface area contributed by atoms with Crippen LogP contribution in [0.25, 0.3) is 31.3 Å². The molecule has 0 bridgehead atoms. The van der Waals surface area contributed by atoms with E-state index in [1.165, 1.54) is 59.6 Å². The van der Waals surface area contributed by atoms with Crippen LogP contribution in [0.2, 0.25) is 0 Å². The Morgan fingerprint density at radius 1 is 1.00 bits per heavy atom. The molecule has 1 aromatic heterocycles. The maximum Gasteiger partial charge on any atom is 0.231 e. The summed E-state index contributed by atoms with van der Waals surface area (Å²) in [7, 11) is 0. The fraction of sp³-hybridized carbons (Fsp3) is 0.200. The average molecular weight is 436 g/mol. The van der Waals surface area contributed by atoms with Crippen LogP contribution in [-0.2, 0) is 0 Å². The number of fused-ring (bicyclic) bond motifs is 3. The van der Waals surface area contributed by atoms with Crippen molar-refractivity contribution in [1.29, 1.82) is 0 Å². The number of hydrogen-bond acceptors (Lipinski definition) is 0. The molecule has 0 atom stereocenters. The first-order valence-corrected chi connectivity index (χ1v) is 12.1. The van der Waals surface area contributed by atoms with Crippen molar-refractivity contribution in [2.24, 2.45) is 5.92 Å². The summed E-state index contributed by atoms with van der Waals surface area (Å²) in [5, 5.41) is 2.66. The number of nitrogens with zero attached hydrogens (tertiary/aromatic N) is 1. The topological polar surface area (TPSA) is 3.01 Å². The maximum absolute atomic E-state index is 4.31. The largest absolute Gasteiger partial charge is 0.336 e. The van der Waals surface area contributed by atoms with Gasteiger partial charge in [0.05, 0.1) is 12.2 Å². The Balaban J connectivity index is 1.73. The van der Waals surface area contributed by atoms with Gasteiger partial charge in [-0.05, 0) is 30.0 Å². The van der Waals surface area contributed by atoms with Gasteiger partial charge < -0.3 is 4.58 Å². The van der Waals surface area contributed by atoms with Gasteiger partial charge in [0.25, 0.3) is 0 Å². The fourth-order valence-corrected chi connectivity index (χ4v) is 6.07. The molecule has 1 nitrogen and oxygen atoms in total. The van der Waals surface area contributed by atoms with Crippen molar-refractivity contribution >= 4 is 38.2 Å². The molecule has 4 aromatic rings. The third kappa shape index (κ3) is 3.59. The molecule has 1 aliphatic rings. The minimum atomic E-state index is 0.627. The average Bonchev–Trinajstić information content (AvgIpc) is 3.14. The highest BCUT2D eigenvalue weighted by atomic mass is 32.1. The molecule has 0 saturated carbocycles. The van der Waals surface area contributed by atoms with Gasteiger partial charge in [0, 0.05) is 17.7 Å². The minimum Gasteiger partial charge on any atom is -0.336 e. The van der Waals surface area contributed by atoms with E-state index in [1.807, 2.05) is 15.9 Å². The molecule has 0 unspecified atom stereocenters. The van der Waals surface area contributed by atoms with Crippen LogP contribution >= 0.6 is 11.3 Å². The predicted octanol–water partition coefficient (Wildman–Crippen LogP) is 8.43. The van der Waals surface area contributed by atoms with E-state index in [-0.39, 0.29) is 0 Å². The molecular weight excluding hydrogens is 406 g/mol. The molecule has 0 N–H and O–H groups in total. The van der Waals surface area contributed by atoms with E-state index in [0.717, 1.165) is 6.42 Å². The van der Waals surface area contributed by atoms with E-state index < -0.39 is 0 Å². The molecule has 1 aliphatic heterocycles. The monoisotopic (exact) mass is 435 g/mol. The highest BCUT2D eigenvalue weighted by Crippen LogP contribution is 2.44. The normalized spacial score (nSPS) is 14.1. The molecule has 0 spiro atoms. The Hall–Kier alpha value is -3.10. The number of hydrogen-bond donors (Lipinski definition) is 0. The quantitative estimate of drug-likeness (QED) is 0.172. The number of allylic oxidation sites excluding steroid dienone is 2. The highest BCUT2D eigenvalue weighted by molar-refractivity contribution is 7.26. The van der Waals surface area contributed by atoms with Crippen LogP contribution in [0, 0.1) is 25.8 Å². The van der Waals surface area contributed by atoms with Crippen molar-refractivity contribution in [2.75, 3.05) is 0 Å². The Morgan fingerprint density at radius 2 is 1.78 bits per heavy atom. The van der Waals surface area contributed by atoms with Crippen LogP contribution in [0.4, 0.5) is 0 Å². The Morgan fingerprint density at radius 3 is 2.53 bits per heavy atom. The van der Waals surface area contributed by atoms with Gasteiger partial charge in [-0.1, -0.05) is 80.6 Å². The third-order valence-electron chi connectivity index (χ3n) is 6.24. The van der Waals surface area contributed by atoms with Crippen molar-refractivity contribution in [3.8, 4) is 11.1 Å². The lowest BCUT2D eigenvalue weighted by molar-refractivity contribution is -0.417. The first kappa shape index (κ1) is 20.8.